The van der Waals surface area contributed by atoms with Gasteiger partial charge in [0.2, 0.25) is 0 Å². The molecule has 2 aromatic carbocycles. The third kappa shape index (κ3) is 4.53. The zero-order valence-electron chi connectivity index (χ0n) is 15.5. The summed E-state index contributed by atoms with van der Waals surface area (Å²) in [4.78, 5) is 5.02. The topological polar surface area (TPSA) is 24.9 Å². The number of para-hydroxylation sites is 1. The predicted molar refractivity (Wildman–Crippen MR) is 101 cm³/mol. The van der Waals surface area contributed by atoms with Crippen LogP contribution in [0.4, 0.5) is 0 Å². The van der Waals surface area contributed by atoms with Crippen LogP contribution in [0.3, 0.4) is 0 Å². The second kappa shape index (κ2) is 8.37. The molecule has 0 spiro atoms. The van der Waals surface area contributed by atoms with E-state index in [-0.39, 0.29) is 0 Å². The highest BCUT2D eigenvalue weighted by atomic mass is 16.5. The summed E-state index contributed by atoms with van der Waals surface area (Å²) in [6.45, 7) is 8.42. The molecular formula is C21H28N2O2. The summed E-state index contributed by atoms with van der Waals surface area (Å²) in [5, 5.41) is 0. The molecule has 3 rings (SSSR count). The Balaban J connectivity index is 1.55. The predicted octanol–water partition coefficient (Wildman–Crippen LogP) is 3.33. The fraction of sp³-hybridized carbons (Fsp3) is 0.429. The van der Waals surface area contributed by atoms with Crippen LogP contribution in [-0.2, 0) is 13.1 Å². The van der Waals surface area contributed by atoms with Crippen molar-refractivity contribution in [2.45, 2.75) is 20.0 Å². The van der Waals surface area contributed by atoms with Gasteiger partial charge in [0.25, 0.3) is 0 Å². The lowest BCUT2D eigenvalue weighted by Gasteiger charge is -2.35. The van der Waals surface area contributed by atoms with Gasteiger partial charge in [-0.3, -0.25) is 9.80 Å². The van der Waals surface area contributed by atoms with Crippen molar-refractivity contribution in [1.82, 2.24) is 9.80 Å². The van der Waals surface area contributed by atoms with Gasteiger partial charge in [-0.05, 0) is 18.6 Å². The van der Waals surface area contributed by atoms with E-state index >= 15 is 0 Å². The van der Waals surface area contributed by atoms with Crippen LogP contribution in [0.25, 0.3) is 0 Å². The van der Waals surface area contributed by atoms with Gasteiger partial charge in [0.15, 0.2) is 11.5 Å². The van der Waals surface area contributed by atoms with Crippen molar-refractivity contribution in [2.75, 3.05) is 40.4 Å². The van der Waals surface area contributed by atoms with E-state index in [9.17, 15) is 0 Å². The smallest absolute Gasteiger partial charge is 0.165 e. The second-order valence-corrected chi connectivity index (χ2v) is 6.69. The van der Waals surface area contributed by atoms with Gasteiger partial charge in [0.1, 0.15) is 0 Å². The Morgan fingerprint density at radius 2 is 1.44 bits per heavy atom. The van der Waals surface area contributed by atoms with Crippen molar-refractivity contribution in [2.24, 2.45) is 0 Å². The molecule has 0 aliphatic carbocycles. The molecule has 1 saturated heterocycles. The number of ether oxygens (including phenoxy) is 2. The monoisotopic (exact) mass is 340 g/mol. The van der Waals surface area contributed by atoms with E-state index in [0.29, 0.717) is 0 Å². The summed E-state index contributed by atoms with van der Waals surface area (Å²) in [6.07, 6.45) is 0. The maximum absolute atomic E-state index is 5.56. The van der Waals surface area contributed by atoms with Crippen LogP contribution in [-0.4, -0.2) is 50.2 Å². The Kier molecular flexibility index (Phi) is 5.95. The Morgan fingerprint density at radius 1 is 0.800 bits per heavy atom. The quantitative estimate of drug-likeness (QED) is 0.805. The van der Waals surface area contributed by atoms with E-state index in [2.05, 4.69) is 47.1 Å². The lowest BCUT2D eigenvalue weighted by atomic mass is 10.1. The fourth-order valence-corrected chi connectivity index (χ4v) is 3.38. The first-order chi connectivity index (χ1) is 12.2. The van der Waals surface area contributed by atoms with Crippen molar-refractivity contribution in [3.63, 3.8) is 0 Å². The van der Waals surface area contributed by atoms with Gasteiger partial charge in [0, 0.05) is 44.8 Å². The average molecular weight is 340 g/mol. The third-order valence-electron chi connectivity index (χ3n) is 4.87. The molecule has 1 heterocycles. The molecule has 0 bridgehead atoms. The molecule has 4 nitrogen and oxygen atoms in total. The Labute approximate surface area is 151 Å². The number of benzene rings is 2. The highest BCUT2D eigenvalue weighted by molar-refractivity contribution is 5.46. The number of aryl methyl sites for hydroxylation is 1. The van der Waals surface area contributed by atoms with Crippen LogP contribution in [0, 0.1) is 6.92 Å². The minimum Gasteiger partial charge on any atom is -0.493 e. The lowest BCUT2D eigenvalue weighted by molar-refractivity contribution is 0.121. The van der Waals surface area contributed by atoms with Crippen LogP contribution >= 0.6 is 0 Å². The van der Waals surface area contributed by atoms with E-state index in [1.807, 2.05) is 12.1 Å². The number of nitrogens with zero attached hydrogens (tertiary/aromatic N) is 2. The van der Waals surface area contributed by atoms with E-state index in [1.54, 1.807) is 14.2 Å². The summed E-state index contributed by atoms with van der Waals surface area (Å²) in [6, 6.07) is 15.0. The first kappa shape index (κ1) is 17.8. The molecule has 0 unspecified atom stereocenters. The van der Waals surface area contributed by atoms with Gasteiger partial charge in [-0.15, -0.1) is 0 Å². The van der Waals surface area contributed by atoms with Crippen LogP contribution in [0.5, 0.6) is 11.5 Å². The summed E-state index contributed by atoms with van der Waals surface area (Å²) in [5.74, 6) is 1.66. The van der Waals surface area contributed by atoms with E-state index in [0.717, 1.165) is 50.8 Å². The summed E-state index contributed by atoms with van der Waals surface area (Å²) < 4.78 is 11.0. The molecule has 1 aliphatic rings. The van der Waals surface area contributed by atoms with Crippen LogP contribution in [0.1, 0.15) is 16.7 Å². The Bertz CT molecular complexity index is 677. The highest BCUT2D eigenvalue weighted by Gasteiger charge is 2.19. The molecule has 0 atom stereocenters. The van der Waals surface area contributed by atoms with Crippen LogP contribution < -0.4 is 9.47 Å². The highest BCUT2D eigenvalue weighted by Crippen LogP contribution is 2.31. The second-order valence-electron chi connectivity index (χ2n) is 6.69. The molecule has 25 heavy (non-hydrogen) atoms. The standard InChI is InChI=1S/C21H28N2O2/c1-17-7-9-18(10-8-17)15-22-11-13-23(14-12-22)16-19-5-4-6-20(24-2)21(19)25-3/h4-10H,11-16H2,1-3H3. The third-order valence-corrected chi connectivity index (χ3v) is 4.87. The van der Waals surface area contributed by atoms with Crippen molar-refractivity contribution >= 4 is 0 Å². The minimum atomic E-state index is 0.804. The maximum Gasteiger partial charge on any atom is 0.165 e. The van der Waals surface area contributed by atoms with E-state index < -0.39 is 0 Å². The molecule has 2 aromatic rings. The van der Waals surface area contributed by atoms with Gasteiger partial charge in [0.05, 0.1) is 14.2 Å². The van der Waals surface area contributed by atoms with Crippen molar-refractivity contribution < 1.29 is 9.47 Å². The van der Waals surface area contributed by atoms with Crippen molar-refractivity contribution in [1.29, 1.82) is 0 Å². The molecule has 1 aliphatic heterocycles. The zero-order chi connectivity index (χ0) is 17.6. The first-order valence-corrected chi connectivity index (χ1v) is 8.89. The normalized spacial score (nSPS) is 16.0. The van der Waals surface area contributed by atoms with Crippen LogP contribution in [0.2, 0.25) is 0 Å². The molecule has 0 radical (unpaired) electrons. The summed E-state index contributed by atoms with van der Waals surface area (Å²) in [5.41, 5.74) is 3.91. The van der Waals surface area contributed by atoms with Gasteiger partial charge < -0.3 is 9.47 Å². The molecule has 4 heteroatoms. The SMILES string of the molecule is COc1cccc(CN2CCN(Cc3ccc(C)cc3)CC2)c1OC. The number of methoxy groups -OCH3 is 2. The van der Waals surface area contributed by atoms with Crippen molar-refractivity contribution in [3.8, 4) is 11.5 Å². The molecule has 0 N–H and O–H groups in total. The zero-order valence-corrected chi connectivity index (χ0v) is 15.5. The summed E-state index contributed by atoms with van der Waals surface area (Å²) >= 11 is 0. The number of piperazine rings is 1. The number of hydrogen-bond acceptors (Lipinski definition) is 4. The summed E-state index contributed by atoms with van der Waals surface area (Å²) in [7, 11) is 3.40. The molecule has 0 amide bonds. The number of rotatable bonds is 6. The Hall–Kier alpha value is -2.04. The molecule has 1 fully saturated rings. The first-order valence-electron chi connectivity index (χ1n) is 8.89. The Morgan fingerprint density at radius 3 is 2.04 bits per heavy atom. The molecule has 134 valence electrons. The molecule has 0 saturated carbocycles. The fourth-order valence-electron chi connectivity index (χ4n) is 3.38. The van der Waals surface area contributed by atoms with Gasteiger partial charge >= 0.3 is 0 Å². The van der Waals surface area contributed by atoms with Gasteiger partial charge in [-0.25, -0.2) is 0 Å². The van der Waals surface area contributed by atoms with E-state index in [1.165, 1.54) is 16.7 Å². The molecule has 0 aromatic heterocycles. The molecular weight excluding hydrogens is 312 g/mol. The van der Waals surface area contributed by atoms with Crippen molar-refractivity contribution in [3.05, 3.63) is 59.2 Å². The average Bonchev–Trinajstić information content (AvgIpc) is 2.65. The maximum atomic E-state index is 5.56. The minimum absolute atomic E-state index is 0.804. The van der Waals surface area contributed by atoms with Gasteiger partial charge in [-0.2, -0.15) is 0 Å². The number of hydrogen-bond donors (Lipinski definition) is 0. The lowest BCUT2D eigenvalue weighted by Crippen LogP contribution is -2.45. The largest absolute Gasteiger partial charge is 0.493 e. The van der Waals surface area contributed by atoms with E-state index in [4.69, 9.17) is 9.47 Å². The van der Waals surface area contributed by atoms with Crippen LogP contribution in [0.15, 0.2) is 42.5 Å². The van der Waals surface area contributed by atoms with Gasteiger partial charge in [-0.1, -0.05) is 42.0 Å².